The Kier molecular flexibility index (Phi) is 3.45. The van der Waals surface area contributed by atoms with Crippen molar-refractivity contribution in [1.29, 1.82) is 0 Å². The maximum absolute atomic E-state index is 12.4. The molecule has 0 aliphatic heterocycles. The summed E-state index contributed by atoms with van der Waals surface area (Å²) in [4.78, 5) is 27.0. The van der Waals surface area contributed by atoms with Crippen molar-refractivity contribution >= 4 is 16.7 Å². The topological polar surface area (TPSA) is 88.0 Å². The third-order valence-electron chi connectivity index (χ3n) is 5.59. The van der Waals surface area contributed by atoms with Crippen LogP contribution in [0.25, 0.3) is 10.8 Å². The molecule has 1 amide bonds. The van der Waals surface area contributed by atoms with E-state index in [0.717, 1.165) is 30.2 Å². The Bertz CT molecular complexity index is 813. The van der Waals surface area contributed by atoms with Gasteiger partial charge in [-0.15, -0.1) is 0 Å². The molecule has 4 atom stereocenters. The zero-order chi connectivity index (χ0) is 16.0. The van der Waals surface area contributed by atoms with E-state index in [9.17, 15) is 9.59 Å². The van der Waals surface area contributed by atoms with Crippen LogP contribution in [0.5, 0.6) is 0 Å². The van der Waals surface area contributed by atoms with Crippen LogP contribution in [0, 0.1) is 17.8 Å². The van der Waals surface area contributed by atoms with Crippen LogP contribution in [0.3, 0.4) is 0 Å². The number of benzene rings is 1. The number of pyridine rings is 1. The molecule has 23 heavy (non-hydrogen) atoms. The standard InChI is InChI=1S/C18H21N3O2/c19-16-7-10-5-11(6-15(10)16)17(22)20-8-12-9-21-18(23)14-4-2-1-3-13(12)14/h1-4,9-11,15-16H,5-8,19H2,(H,20,22)(H,21,23)/t10-,11?,15-,16+/m0/s1. The fourth-order valence-electron chi connectivity index (χ4n) is 4.24. The Morgan fingerprint density at radius 3 is 2.74 bits per heavy atom. The number of carbonyl (C=O) groups is 1. The molecule has 2 aromatic rings. The van der Waals surface area contributed by atoms with Gasteiger partial charge in [-0.05, 0) is 48.1 Å². The molecule has 2 fully saturated rings. The highest BCUT2D eigenvalue weighted by atomic mass is 16.2. The highest BCUT2D eigenvalue weighted by Crippen LogP contribution is 2.48. The predicted octanol–water partition coefficient (Wildman–Crippen LogP) is 1.52. The van der Waals surface area contributed by atoms with E-state index in [2.05, 4.69) is 10.3 Å². The van der Waals surface area contributed by atoms with Crippen LogP contribution in [0.15, 0.2) is 35.3 Å². The van der Waals surface area contributed by atoms with Crippen LogP contribution in [0.2, 0.25) is 0 Å². The molecule has 0 bridgehead atoms. The monoisotopic (exact) mass is 311 g/mol. The molecule has 0 spiro atoms. The van der Waals surface area contributed by atoms with E-state index in [0.29, 0.717) is 29.8 Å². The van der Waals surface area contributed by atoms with Gasteiger partial charge in [-0.3, -0.25) is 9.59 Å². The van der Waals surface area contributed by atoms with Gasteiger partial charge >= 0.3 is 0 Å². The van der Waals surface area contributed by atoms with Crippen molar-refractivity contribution in [3.05, 3.63) is 46.4 Å². The molecular weight excluding hydrogens is 290 g/mol. The molecular formula is C18H21N3O2. The SMILES string of the molecule is N[C@@H]1C[C@@H]2CC(C(=O)NCc3c[nH]c(=O)c4ccccc34)C[C@@H]21. The molecule has 2 saturated carbocycles. The van der Waals surface area contributed by atoms with Crippen molar-refractivity contribution in [2.24, 2.45) is 23.5 Å². The number of carbonyl (C=O) groups excluding carboxylic acids is 1. The number of aromatic nitrogens is 1. The number of rotatable bonds is 3. The van der Waals surface area contributed by atoms with E-state index in [4.69, 9.17) is 5.73 Å². The Labute approximate surface area is 134 Å². The molecule has 4 N–H and O–H groups in total. The Hall–Kier alpha value is -2.14. The van der Waals surface area contributed by atoms with Crippen molar-refractivity contribution in [3.63, 3.8) is 0 Å². The highest BCUT2D eigenvalue weighted by molar-refractivity contribution is 5.85. The van der Waals surface area contributed by atoms with Gasteiger partial charge in [0.15, 0.2) is 0 Å². The molecule has 4 rings (SSSR count). The molecule has 1 heterocycles. The maximum Gasteiger partial charge on any atom is 0.255 e. The average Bonchev–Trinajstić information content (AvgIpc) is 2.91. The summed E-state index contributed by atoms with van der Waals surface area (Å²) in [6.07, 6.45) is 4.65. The lowest BCUT2D eigenvalue weighted by Crippen LogP contribution is -2.44. The zero-order valence-electron chi connectivity index (χ0n) is 12.9. The molecule has 1 aromatic carbocycles. The second-order valence-electron chi connectivity index (χ2n) is 6.90. The number of nitrogens with two attached hydrogens (primary N) is 1. The van der Waals surface area contributed by atoms with Gasteiger partial charge in [-0.1, -0.05) is 18.2 Å². The van der Waals surface area contributed by atoms with Gasteiger partial charge in [-0.2, -0.15) is 0 Å². The number of hydrogen-bond donors (Lipinski definition) is 3. The fraction of sp³-hybridized carbons (Fsp3) is 0.444. The number of hydrogen-bond acceptors (Lipinski definition) is 3. The second-order valence-corrected chi connectivity index (χ2v) is 6.90. The van der Waals surface area contributed by atoms with E-state index < -0.39 is 0 Å². The summed E-state index contributed by atoms with van der Waals surface area (Å²) >= 11 is 0. The largest absolute Gasteiger partial charge is 0.352 e. The number of fused-ring (bicyclic) bond motifs is 2. The first-order valence-corrected chi connectivity index (χ1v) is 8.26. The summed E-state index contributed by atoms with van der Waals surface area (Å²) in [6, 6.07) is 7.76. The Balaban J connectivity index is 1.46. The molecule has 120 valence electrons. The number of aromatic amines is 1. The van der Waals surface area contributed by atoms with Crippen molar-refractivity contribution < 1.29 is 4.79 Å². The molecule has 5 heteroatoms. The van der Waals surface area contributed by atoms with Crippen LogP contribution in [0.4, 0.5) is 0 Å². The minimum atomic E-state index is -0.1000. The van der Waals surface area contributed by atoms with E-state index >= 15 is 0 Å². The van der Waals surface area contributed by atoms with E-state index in [1.165, 1.54) is 0 Å². The van der Waals surface area contributed by atoms with Gasteiger partial charge in [0.2, 0.25) is 5.91 Å². The van der Waals surface area contributed by atoms with Crippen LogP contribution in [-0.2, 0) is 11.3 Å². The normalized spacial score (nSPS) is 29.1. The van der Waals surface area contributed by atoms with Crippen LogP contribution in [0.1, 0.15) is 24.8 Å². The minimum absolute atomic E-state index is 0.0903. The minimum Gasteiger partial charge on any atom is -0.352 e. The summed E-state index contributed by atoms with van der Waals surface area (Å²) < 4.78 is 0. The molecule has 2 aliphatic carbocycles. The number of H-pyrrole nitrogens is 1. The molecule has 1 aromatic heterocycles. The number of amides is 1. The lowest BCUT2D eigenvalue weighted by Gasteiger charge is -2.37. The first-order valence-electron chi connectivity index (χ1n) is 8.26. The van der Waals surface area contributed by atoms with Crippen LogP contribution in [-0.4, -0.2) is 16.9 Å². The van der Waals surface area contributed by atoms with E-state index in [1.54, 1.807) is 12.3 Å². The fourth-order valence-corrected chi connectivity index (χ4v) is 4.24. The van der Waals surface area contributed by atoms with Crippen LogP contribution < -0.4 is 16.6 Å². The smallest absolute Gasteiger partial charge is 0.255 e. The third kappa shape index (κ3) is 2.45. The summed E-state index contributed by atoms with van der Waals surface area (Å²) in [5, 5.41) is 4.58. The third-order valence-corrected chi connectivity index (χ3v) is 5.59. The predicted molar refractivity (Wildman–Crippen MR) is 88.7 cm³/mol. The van der Waals surface area contributed by atoms with E-state index in [1.807, 2.05) is 18.2 Å². The first kappa shape index (κ1) is 14.5. The van der Waals surface area contributed by atoms with Gasteiger partial charge in [0, 0.05) is 30.1 Å². The van der Waals surface area contributed by atoms with Crippen molar-refractivity contribution in [1.82, 2.24) is 10.3 Å². The summed E-state index contributed by atoms with van der Waals surface area (Å²) in [5.74, 6) is 1.39. The Morgan fingerprint density at radius 1 is 1.22 bits per heavy atom. The number of nitrogens with one attached hydrogen (secondary N) is 2. The average molecular weight is 311 g/mol. The lowest BCUT2D eigenvalue weighted by atomic mass is 9.72. The molecule has 0 radical (unpaired) electrons. The lowest BCUT2D eigenvalue weighted by molar-refractivity contribution is -0.125. The molecule has 1 unspecified atom stereocenters. The van der Waals surface area contributed by atoms with Gasteiger partial charge < -0.3 is 16.0 Å². The zero-order valence-corrected chi connectivity index (χ0v) is 12.9. The molecule has 2 aliphatic rings. The van der Waals surface area contributed by atoms with E-state index in [-0.39, 0.29) is 17.4 Å². The van der Waals surface area contributed by atoms with Gasteiger partial charge in [0.05, 0.1) is 0 Å². The molecule has 5 nitrogen and oxygen atoms in total. The van der Waals surface area contributed by atoms with Crippen LogP contribution >= 0.6 is 0 Å². The highest BCUT2D eigenvalue weighted by Gasteiger charge is 2.47. The molecule has 0 saturated heterocycles. The van der Waals surface area contributed by atoms with Crippen molar-refractivity contribution in [2.45, 2.75) is 31.8 Å². The van der Waals surface area contributed by atoms with Crippen molar-refractivity contribution in [3.8, 4) is 0 Å². The quantitative estimate of drug-likeness (QED) is 0.803. The summed E-state index contributed by atoms with van der Waals surface area (Å²) in [7, 11) is 0. The summed E-state index contributed by atoms with van der Waals surface area (Å²) in [6.45, 7) is 0.439. The van der Waals surface area contributed by atoms with Gasteiger partial charge in [0.1, 0.15) is 0 Å². The first-order chi connectivity index (χ1) is 11.1. The summed E-state index contributed by atoms with van der Waals surface area (Å²) in [5.41, 5.74) is 6.84. The van der Waals surface area contributed by atoms with Gasteiger partial charge in [-0.25, -0.2) is 0 Å². The Morgan fingerprint density at radius 2 is 2.00 bits per heavy atom. The maximum atomic E-state index is 12.4. The van der Waals surface area contributed by atoms with Gasteiger partial charge in [0.25, 0.3) is 5.56 Å². The second kappa shape index (κ2) is 5.49. The van der Waals surface area contributed by atoms with Crippen molar-refractivity contribution in [2.75, 3.05) is 0 Å².